The van der Waals surface area contributed by atoms with E-state index < -0.39 is 11.9 Å². The summed E-state index contributed by atoms with van der Waals surface area (Å²) < 4.78 is 4.58. The fraction of sp³-hybridized carbons (Fsp3) is 0.0769. The number of ether oxygens (including phenoxy) is 1. The molecule has 3 nitrogen and oxygen atoms in total. The Kier molecular flexibility index (Phi) is 13.3. The monoisotopic (exact) mass is 264 g/mol. The summed E-state index contributed by atoms with van der Waals surface area (Å²) >= 11 is 0. The third kappa shape index (κ3) is 8.03. The minimum atomic E-state index is -0.674. The maximum absolute atomic E-state index is 11.4. The van der Waals surface area contributed by atoms with Crippen LogP contribution in [-0.4, -0.2) is 11.9 Å². The molecule has 0 bridgehead atoms. The quantitative estimate of drug-likeness (QED) is 0.189. The first-order valence-electron chi connectivity index (χ1n) is 4.84. The van der Waals surface area contributed by atoms with Crippen LogP contribution in [0.4, 0.5) is 0 Å². The van der Waals surface area contributed by atoms with Gasteiger partial charge in [0.15, 0.2) is 0 Å². The Morgan fingerprint density at radius 3 is 2.28 bits per heavy atom. The first-order valence-corrected chi connectivity index (χ1v) is 4.84. The average Bonchev–Trinajstić information content (AvgIpc) is 2.30. The Morgan fingerprint density at radius 1 is 1.11 bits per heavy atom. The van der Waals surface area contributed by atoms with Gasteiger partial charge >= 0.3 is 71.1 Å². The molecule has 0 heterocycles. The largest absolute Gasteiger partial charge is 1.00 e. The number of esters is 2. The van der Waals surface area contributed by atoms with Crippen molar-refractivity contribution >= 4 is 11.9 Å². The molecule has 1 aromatic carbocycles. The molecule has 18 heavy (non-hydrogen) atoms. The van der Waals surface area contributed by atoms with E-state index >= 15 is 0 Å². The zero-order valence-corrected chi connectivity index (χ0v) is 14.9. The molecule has 0 aliphatic rings. The van der Waals surface area contributed by atoms with Gasteiger partial charge in [-0.15, -0.1) is 0 Å². The third-order valence-corrected chi connectivity index (χ3v) is 1.74. The van der Waals surface area contributed by atoms with Gasteiger partial charge in [0.2, 0.25) is 0 Å². The molecule has 5 heteroatoms. The second-order valence-corrected chi connectivity index (χ2v) is 2.96. The first kappa shape index (κ1) is 20.2. The van der Waals surface area contributed by atoms with Crippen LogP contribution in [0, 0.1) is 0 Å². The van der Waals surface area contributed by atoms with Gasteiger partial charge in [-0.2, -0.15) is 0 Å². The van der Waals surface area contributed by atoms with E-state index in [1.54, 1.807) is 42.5 Å². The molecule has 0 aliphatic carbocycles. The molecule has 0 amide bonds. The Hall–Kier alpha value is -0.160. The van der Waals surface area contributed by atoms with Crippen LogP contribution < -0.4 is 59.1 Å². The Balaban J connectivity index is -0.000000320. The molecule has 0 aromatic heterocycles. The number of carbonyl (C=O) groups is 2. The molecule has 1 rings (SSSR count). The standard InChI is InChI=1S/C13H12O3.2Na.2H/c1-2-3-5-10-12(14)16-13(15)11-8-6-4-7-9-11;;;;/h2-10H,1H3;;;;/q;2*+1;2*-1/b3-2+,10-5+;;;;. The van der Waals surface area contributed by atoms with E-state index in [9.17, 15) is 9.59 Å². The van der Waals surface area contributed by atoms with Crippen molar-refractivity contribution in [2.75, 3.05) is 0 Å². The van der Waals surface area contributed by atoms with Crippen LogP contribution >= 0.6 is 0 Å². The number of rotatable bonds is 3. The van der Waals surface area contributed by atoms with Crippen molar-refractivity contribution in [3.63, 3.8) is 0 Å². The van der Waals surface area contributed by atoms with Gasteiger partial charge in [-0.1, -0.05) is 36.4 Å². The summed E-state index contributed by atoms with van der Waals surface area (Å²) in [5.41, 5.74) is 0.357. The zero-order chi connectivity index (χ0) is 11.8. The van der Waals surface area contributed by atoms with Gasteiger partial charge < -0.3 is 7.59 Å². The van der Waals surface area contributed by atoms with E-state index in [1.165, 1.54) is 12.2 Å². The zero-order valence-electron chi connectivity index (χ0n) is 12.9. The molecule has 0 atom stereocenters. The van der Waals surface area contributed by atoms with E-state index in [2.05, 4.69) is 4.74 Å². The van der Waals surface area contributed by atoms with Gasteiger partial charge in [-0.25, -0.2) is 9.59 Å². The summed E-state index contributed by atoms with van der Waals surface area (Å²) in [5.74, 6) is -1.32. The summed E-state index contributed by atoms with van der Waals surface area (Å²) in [6.07, 6.45) is 6.15. The summed E-state index contributed by atoms with van der Waals surface area (Å²) in [6, 6.07) is 8.37. The van der Waals surface area contributed by atoms with Crippen LogP contribution in [0.5, 0.6) is 0 Å². The Morgan fingerprint density at radius 2 is 1.72 bits per heavy atom. The number of carbonyl (C=O) groups excluding carboxylic acids is 2. The average molecular weight is 264 g/mol. The predicted octanol–water partition coefficient (Wildman–Crippen LogP) is -3.26. The molecule has 0 spiro atoms. The van der Waals surface area contributed by atoms with Crippen LogP contribution in [0.3, 0.4) is 0 Å². The molecule has 0 N–H and O–H groups in total. The molecule has 0 saturated carbocycles. The third-order valence-electron chi connectivity index (χ3n) is 1.74. The van der Waals surface area contributed by atoms with E-state index in [4.69, 9.17) is 0 Å². The topological polar surface area (TPSA) is 43.4 Å². The minimum Gasteiger partial charge on any atom is -1.00 e. The van der Waals surface area contributed by atoms with Crippen molar-refractivity contribution in [3.8, 4) is 0 Å². The number of hydrogen-bond acceptors (Lipinski definition) is 3. The van der Waals surface area contributed by atoms with Crippen molar-refractivity contribution in [2.45, 2.75) is 6.92 Å². The summed E-state index contributed by atoms with van der Waals surface area (Å²) in [5, 5.41) is 0. The van der Waals surface area contributed by atoms with Crippen LogP contribution in [0.25, 0.3) is 0 Å². The van der Waals surface area contributed by atoms with Crippen LogP contribution in [0.1, 0.15) is 20.1 Å². The summed E-state index contributed by atoms with van der Waals surface area (Å²) in [6.45, 7) is 1.82. The Bertz CT molecular complexity index is 435. The van der Waals surface area contributed by atoms with Crippen molar-refractivity contribution in [1.82, 2.24) is 0 Å². The van der Waals surface area contributed by atoms with Crippen molar-refractivity contribution in [2.24, 2.45) is 0 Å². The minimum absolute atomic E-state index is 0. The fourth-order valence-electron chi connectivity index (χ4n) is 1.00. The van der Waals surface area contributed by atoms with Gasteiger partial charge in [-0.3, -0.25) is 0 Å². The SMILES string of the molecule is C/C=C/C=C/C(=O)OC(=O)c1ccccc1.[H-].[H-].[Na+].[Na+]. The molecule has 0 unspecified atom stereocenters. The van der Waals surface area contributed by atoms with Gasteiger partial charge in [0.1, 0.15) is 0 Å². The van der Waals surface area contributed by atoms with E-state index in [-0.39, 0.29) is 62.0 Å². The number of benzene rings is 1. The van der Waals surface area contributed by atoms with E-state index in [0.29, 0.717) is 5.56 Å². The second kappa shape index (κ2) is 11.9. The molecule has 1 aromatic rings. The predicted molar refractivity (Wildman–Crippen MR) is 63.0 cm³/mol. The molecule has 0 aliphatic heterocycles. The normalized spacial score (nSPS) is 9.61. The summed E-state index contributed by atoms with van der Waals surface area (Å²) in [4.78, 5) is 22.5. The number of allylic oxidation sites excluding steroid dienone is 3. The molecule has 0 radical (unpaired) electrons. The van der Waals surface area contributed by atoms with Crippen molar-refractivity contribution in [1.29, 1.82) is 0 Å². The second-order valence-electron chi connectivity index (χ2n) is 2.96. The molecule has 86 valence electrons. The maximum Gasteiger partial charge on any atom is 1.00 e. The first-order chi connectivity index (χ1) is 7.74. The molecule has 0 saturated heterocycles. The smallest absolute Gasteiger partial charge is 1.00 e. The molecular formula is C13H14Na2O3. The maximum atomic E-state index is 11.4. The van der Waals surface area contributed by atoms with Crippen molar-refractivity contribution in [3.05, 3.63) is 60.2 Å². The molecular weight excluding hydrogens is 250 g/mol. The fourth-order valence-corrected chi connectivity index (χ4v) is 1.00. The van der Waals surface area contributed by atoms with Gasteiger partial charge in [0.25, 0.3) is 0 Å². The summed E-state index contributed by atoms with van der Waals surface area (Å²) in [7, 11) is 0. The van der Waals surface area contributed by atoms with Gasteiger partial charge in [0, 0.05) is 6.08 Å². The van der Waals surface area contributed by atoms with Crippen molar-refractivity contribution < 1.29 is 76.3 Å². The number of hydrogen-bond donors (Lipinski definition) is 0. The van der Waals surface area contributed by atoms with E-state index in [0.717, 1.165) is 0 Å². The van der Waals surface area contributed by atoms with Gasteiger partial charge in [0.05, 0.1) is 5.56 Å². The van der Waals surface area contributed by atoms with Crippen LogP contribution in [0.15, 0.2) is 54.6 Å². The van der Waals surface area contributed by atoms with Crippen LogP contribution in [-0.2, 0) is 9.53 Å². The Labute approximate surface area is 154 Å². The van der Waals surface area contributed by atoms with Gasteiger partial charge in [-0.05, 0) is 19.1 Å². The van der Waals surface area contributed by atoms with E-state index in [1.807, 2.05) is 6.92 Å². The van der Waals surface area contributed by atoms with Crippen LogP contribution in [0.2, 0.25) is 0 Å². The molecule has 0 fully saturated rings.